The summed E-state index contributed by atoms with van der Waals surface area (Å²) in [6, 6.07) is 19.2. The fourth-order valence-electron chi connectivity index (χ4n) is 3.90. The number of hydrogen-bond donors (Lipinski definition) is 2. The zero-order valence-electron chi connectivity index (χ0n) is 15.3. The highest BCUT2D eigenvalue weighted by atomic mass is 16.4. The van der Waals surface area contributed by atoms with Gasteiger partial charge in [0.15, 0.2) is 0 Å². The second kappa shape index (κ2) is 8.65. The first-order valence-corrected chi connectivity index (χ1v) is 8.94. The summed E-state index contributed by atoms with van der Waals surface area (Å²) in [5.74, 6) is -2.30. The van der Waals surface area contributed by atoms with E-state index in [2.05, 4.69) is 0 Å². The van der Waals surface area contributed by atoms with E-state index in [1.54, 1.807) is 0 Å². The SMILES string of the molecule is CC(c1ccccc1)C(CCCC(=O)O)(C(=O)O)C(C)c1ccccc1. The van der Waals surface area contributed by atoms with Crippen molar-refractivity contribution in [3.63, 3.8) is 0 Å². The van der Waals surface area contributed by atoms with E-state index in [0.29, 0.717) is 12.8 Å². The van der Waals surface area contributed by atoms with Gasteiger partial charge in [0.25, 0.3) is 0 Å². The third kappa shape index (κ3) is 4.13. The van der Waals surface area contributed by atoms with Gasteiger partial charge in [-0.1, -0.05) is 74.5 Å². The Hall–Kier alpha value is -2.62. The lowest BCUT2D eigenvalue weighted by molar-refractivity contribution is -0.153. The minimum Gasteiger partial charge on any atom is -0.481 e. The molecule has 138 valence electrons. The standard InChI is InChI=1S/C22H26O4/c1-16(18-10-5-3-6-11-18)22(21(25)26,15-9-14-20(23)24)17(2)19-12-7-4-8-13-19/h3-8,10-13,16-17H,9,14-15H2,1-2H3,(H,23,24)(H,25,26). The van der Waals surface area contributed by atoms with Gasteiger partial charge in [-0.25, -0.2) is 0 Å². The van der Waals surface area contributed by atoms with E-state index < -0.39 is 17.4 Å². The summed E-state index contributed by atoms with van der Waals surface area (Å²) in [6.07, 6.45) is 0.606. The molecule has 2 N–H and O–H groups in total. The maximum Gasteiger partial charge on any atom is 0.310 e. The number of carboxylic acid groups (broad SMARTS) is 2. The summed E-state index contributed by atoms with van der Waals surface area (Å²) in [4.78, 5) is 23.6. The van der Waals surface area contributed by atoms with Crippen LogP contribution in [-0.4, -0.2) is 22.2 Å². The Bertz CT molecular complexity index is 679. The molecule has 2 atom stereocenters. The minimum absolute atomic E-state index is 0.0297. The topological polar surface area (TPSA) is 74.6 Å². The number of rotatable bonds is 9. The summed E-state index contributed by atoms with van der Waals surface area (Å²) in [5.41, 5.74) is 0.819. The lowest BCUT2D eigenvalue weighted by Gasteiger charge is -2.41. The number of aliphatic carboxylic acids is 2. The smallest absolute Gasteiger partial charge is 0.310 e. The van der Waals surface area contributed by atoms with E-state index in [4.69, 9.17) is 5.11 Å². The molecule has 0 radical (unpaired) electrons. The molecule has 0 aromatic heterocycles. The molecule has 0 aliphatic heterocycles. The first-order valence-electron chi connectivity index (χ1n) is 8.94. The van der Waals surface area contributed by atoms with Crippen molar-refractivity contribution in [3.8, 4) is 0 Å². The predicted molar refractivity (Wildman–Crippen MR) is 101 cm³/mol. The highest BCUT2D eigenvalue weighted by molar-refractivity contribution is 5.78. The Morgan fingerprint density at radius 3 is 1.62 bits per heavy atom. The van der Waals surface area contributed by atoms with Crippen LogP contribution in [0.5, 0.6) is 0 Å². The molecular formula is C22H26O4. The van der Waals surface area contributed by atoms with Gasteiger partial charge < -0.3 is 10.2 Å². The third-order valence-corrected chi connectivity index (χ3v) is 5.52. The van der Waals surface area contributed by atoms with Crippen LogP contribution in [0, 0.1) is 5.41 Å². The van der Waals surface area contributed by atoms with Crippen LogP contribution in [0.1, 0.15) is 56.1 Å². The van der Waals surface area contributed by atoms with Crippen molar-refractivity contribution in [1.29, 1.82) is 0 Å². The molecule has 2 aromatic rings. The Morgan fingerprint density at radius 2 is 1.27 bits per heavy atom. The fourth-order valence-corrected chi connectivity index (χ4v) is 3.90. The molecule has 26 heavy (non-hydrogen) atoms. The molecule has 0 aliphatic rings. The highest BCUT2D eigenvalue weighted by Gasteiger charge is 2.48. The maximum atomic E-state index is 12.6. The summed E-state index contributed by atoms with van der Waals surface area (Å²) < 4.78 is 0. The van der Waals surface area contributed by atoms with Crippen molar-refractivity contribution < 1.29 is 19.8 Å². The van der Waals surface area contributed by atoms with Crippen molar-refractivity contribution in [2.75, 3.05) is 0 Å². The third-order valence-electron chi connectivity index (χ3n) is 5.52. The lowest BCUT2D eigenvalue weighted by Crippen LogP contribution is -2.41. The number of hydrogen-bond acceptors (Lipinski definition) is 2. The quantitative estimate of drug-likeness (QED) is 0.670. The van der Waals surface area contributed by atoms with Crippen molar-refractivity contribution in [2.45, 2.75) is 44.9 Å². The van der Waals surface area contributed by atoms with Gasteiger partial charge in [-0.3, -0.25) is 9.59 Å². The molecular weight excluding hydrogens is 328 g/mol. The normalized spacial score (nSPS) is 15.6. The van der Waals surface area contributed by atoms with E-state index in [0.717, 1.165) is 11.1 Å². The van der Waals surface area contributed by atoms with Crippen LogP contribution in [0.25, 0.3) is 0 Å². The van der Waals surface area contributed by atoms with E-state index in [9.17, 15) is 14.7 Å². The van der Waals surface area contributed by atoms with E-state index in [1.807, 2.05) is 74.5 Å². The number of carbonyl (C=O) groups is 2. The molecule has 2 aromatic carbocycles. The van der Waals surface area contributed by atoms with Crippen molar-refractivity contribution in [1.82, 2.24) is 0 Å². The van der Waals surface area contributed by atoms with E-state index >= 15 is 0 Å². The van der Waals surface area contributed by atoms with Crippen LogP contribution in [0.2, 0.25) is 0 Å². The van der Waals surface area contributed by atoms with Crippen LogP contribution < -0.4 is 0 Å². The first-order chi connectivity index (χ1) is 12.4. The van der Waals surface area contributed by atoms with Gasteiger partial charge in [-0.15, -0.1) is 0 Å². The maximum absolute atomic E-state index is 12.6. The van der Waals surface area contributed by atoms with Crippen LogP contribution in [0.3, 0.4) is 0 Å². The zero-order chi connectivity index (χ0) is 19.2. The first kappa shape index (κ1) is 19.7. The molecule has 0 amide bonds. The van der Waals surface area contributed by atoms with Gasteiger partial charge in [-0.05, 0) is 35.8 Å². The Kier molecular flexibility index (Phi) is 6.56. The van der Waals surface area contributed by atoms with Crippen molar-refractivity contribution in [3.05, 3.63) is 71.8 Å². The fraction of sp³-hybridized carbons (Fsp3) is 0.364. The molecule has 2 rings (SSSR count). The second-order valence-corrected chi connectivity index (χ2v) is 6.86. The van der Waals surface area contributed by atoms with Crippen LogP contribution in [0.15, 0.2) is 60.7 Å². The second-order valence-electron chi connectivity index (χ2n) is 6.86. The van der Waals surface area contributed by atoms with Crippen LogP contribution in [-0.2, 0) is 9.59 Å². The molecule has 4 heteroatoms. The molecule has 0 bridgehead atoms. The Balaban J connectivity index is 2.49. The average molecular weight is 354 g/mol. The average Bonchev–Trinajstić information content (AvgIpc) is 2.65. The van der Waals surface area contributed by atoms with Crippen LogP contribution in [0.4, 0.5) is 0 Å². The molecule has 4 nitrogen and oxygen atoms in total. The summed E-state index contributed by atoms with van der Waals surface area (Å²) in [6.45, 7) is 3.87. The van der Waals surface area contributed by atoms with Crippen LogP contribution >= 0.6 is 0 Å². The molecule has 0 saturated carbocycles. The van der Waals surface area contributed by atoms with E-state index in [-0.39, 0.29) is 18.3 Å². The molecule has 0 heterocycles. The van der Waals surface area contributed by atoms with Gasteiger partial charge >= 0.3 is 11.9 Å². The van der Waals surface area contributed by atoms with Gasteiger partial charge in [0.05, 0.1) is 5.41 Å². The van der Waals surface area contributed by atoms with E-state index in [1.165, 1.54) is 0 Å². The minimum atomic E-state index is -1.09. The molecule has 0 saturated heterocycles. The lowest BCUT2D eigenvalue weighted by atomic mass is 9.61. The number of benzene rings is 2. The number of carboxylic acids is 2. The van der Waals surface area contributed by atoms with Crippen molar-refractivity contribution in [2.24, 2.45) is 5.41 Å². The molecule has 0 spiro atoms. The monoisotopic (exact) mass is 354 g/mol. The highest BCUT2D eigenvalue weighted by Crippen LogP contribution is 2.50. The Labute approximate surface area is 154 Å². The molecule has 2 unspecified atom stereocenters. The van der Waals surface area contributed by atoms with Gasteiger partial charge in [-0.2, -0.15) is 0 Å². The van der Waals surface area contributed by atoms with Gasteiger partial charge in [0.2, 0.25) is 0 Å². The van der Waals surface area contributed by atoms with Gasteiger partial charge in [0, 0.05) is 6.42 Å². The summed E-state index contributed by atoms with van der Waals surface area (Å²) >= 11 is 0. The molecule has 0 aliphatic carbocycles. The largest absolute Gasteiger partial charge is 0.481 e. The van der Waals surface area contributed by atoms with Gasteiger partial charge in [0.1, 0.15) is 0 Å². The van der Waals surface area contributed by atoms with Crippen molar-refractivity contribution >= 4 is 11.9 Å². The zero-order valence-corrected chi connectivity index (χ0v) is 15.3. The summed E-state index contributed by atoms with van der Waals surface area (Å²) in [5, 5.41) is 19.3. The summed E-state index contributed by atoms with van der Waals surface area (Å²) in [7, 11) is 0. The predicted octanol–water partition coefficient (Wildman–Crippen LogP) is 4.92. The molecule has 0 fully saturated rings. The Morgan fingerprint density at radius 1 is 0.846 bits per heavy atom.